The number of carbonyl (C=O) groups excluding carboxylic acids is 3. The molecule has 5 aliphatic rings. The maximum atomic E-state index is 14.3. The summed E-state index contributed by atoms with van der Waals surface area (Å²) in [7, 11) is 5.38. The molecular formula is C47H63N5O8. The Balaban J connectivity index is 1.17. The molecule has 9 atom stereocenters. The minimum Gasteiger partial charge on any atom is -0.496 e. The summed E-state index contributed by atoms with van der Waals surface area (Å²) < 4.78 is 11.6. The predicted molar refractivity (Wildman–Crippen MR) is 229 cm³/mol. The molecule has 4 N–H and O–H groups in total. The van der Waals surface area contributed by atoms with Crippen molar-refractivity contribution in [3.63, 3.8) is 0 Å². The minimum atomic E-state index is -0.929. The van der Waals surface area contributed by atoms with Gasteiger partial charge in [-0.2, -0.15) is 5.06 Å². The van der Waals surface area contributed by atoms with Gasteiger partial charge in [-0.25, -0.2) is 0 Å². The van der Waals surface area contributed by atoms with Crippen LogP contribution in [0.1, 0.15) is 62.0 Å². The molecule has 5 fully saturated rings. The minimum absolute atomic E-state index is 0.0123. The van der Waals surface area contributed by atoms with Crippen molar-refractivity contribution < 1.29 is 38.9 Å². The number of nitrogens with zero attached hydrogens (tertiary/aromatic N) is 3. The molecular weight excluding hydrogens is 763 g/mol. The molecule has 3 aromatic carbocycles. The number of methoxy groups -OCH3 is 1. The fourth-order valence-corrected chi connectivity index (χ4v) is 10.3. The topological polar surface area (TPSA) is 153 Å². The Bertz CT molecular complexity index is 2000. The van der Waals surface area contributed by atoms with E-state index in [0.717, 1.165) is 17.7 Å². The number of morpholine rings is 1. The quantitative estimate of drug-likeness (QED) is 0.185. The van der Waals surface area contributed by atoms with Crippen molar-refractivity contribution in [2.45, 2.75) is 83.8 Å². The van der Waals surface area contributed by atoms with Gasteiger partial charge in [0, 0.05) is 67.9 Å². The molecule has 0 radical (unpaired) electrons. The normalized spacial score (nSPS) is 27.0. The number of hydrogen-bond acceptors (Lipinski definition) is 10. The van der Waals surface area contributed by atoms with Crippen molar-refractivity contribution in [1.82, 2.24) is 20.6 Å². The first kappa shape index (κ1) is 43.6. The van der Waals surface area contributed by atoms with Crippen LogP contribution >= 0.6 is 0 Å². The molecule has 3 saturated carbocycles. The number of carbonyl (C=O) groups is 3. The molecule has 2 heterocycles. The van der Waals surface area contributed by atoms with Gasteiger partial charge in [0.1, 0.15) is 23.9 Å². The highest BCUT2D eigenvalue weighted by molar-refractivity contribution is 6.00. The summed E-state index contributed by atoms with van der Waals surface area (Å²) in [6.45, 7) is 10.1. The number of nitrogens with one attached hydrogen (secondary N) is 2. The summed E-state index contributed by atoms with van der Waals surface area (Å²) in [5.41, 5.74) is 4.48. The maximum Gasteiger partial charge on any atom is 0.252 e. The standard InChI is InChI=1S/C47H63N5O8/c1-28-37-24-34(47(37,3)4)25-38(28)48-45(56)42-41(29(2)54)40(27-53)60-52(42)26-31-14-11-15-36(43(31)58-7)32-21-33(23-35(22-32)50(5)6)44(55)49-39(20-30-12-9-8-10-13-30)46(57)51-16-18-59-19-17-51/h8-15,21-23,28-29,34,37-42,53-54H,16-20,24-27H2,1-7H3,(H,48,56)(H,49,55)/t28-,29-,34+,37-,38-,39-,40-,41-,42-/m0/s1. The van der Waals surface area contributed by atoms with Gasteiger partial charge in [-0.1, -0.05) is 69.3 Å². The third-order valence-corrected chi connectivity index (χ3v) is 13.9. The zero-order valence-corrected chi connectivity index (χ0v) is 36.1. The van der Waals surface area contributed by atoms with Crippen LogP contribution in [-0.4, -0.2) is 122 Å². The zero-order valence-electron chi connectivity index (χ0n) is 36.1. The summed E-state index contributed by atoms with van der Waals surface area (Å²) in [5.74, 6) is 0.483. The van der Waals surface area contributed by atoms with Crippen LogP contribution < -0.4 is 20.3 Å². The fourth-order valence-electron chi connectivity index (χ4n) is 10.3. The lowest BCUT2D eigenvalue weighted by Gasteiger charge is -2.62. The number of aliphatic hydroxyl groups excluding tert-OH is 2. The van der Waals surface area contributed by atoms with E-state index in [2.05, 4.69) is 31.4 Å². The molecule has 2 aliphatic heterocycles. The summed E-state index contributed by atoms with van der Waals surface area (Å²) >= 11 is 0. The second kappa shape index (κ2) is 18.2. The number of aliphatic hydroxyl groups is 2. The fraction of sp³-hybridized carbons (Fsp3) is 0.553. The Morgan fingerprint density at radius 2 is 1.75 bits per heavy atom. The summed E-state index contributed by atoms with van der Waals surface area (Å²) in [6, 6.07) is 19.3. The number of anilines is 1. The van der Waals surface area contributed by atoms with E-state index in [-0.39, 0.29) is 42.3 Å². The van der Waals surface area contributed by atoms with Gasteiger partial charge in [0.05, 0.1) is 39.6 Å². The summed E-state index contributed by atoms with van der Waals surface area (Å²) in [4.78, 5) is 52.4. The van der Waals surface area contributed by atoms with E-state index in [9.17, 15) is 24.6 Å². The molecule has 0 unspecified atom stereocenters. The molecule has 0 spiro atoms. The van der Waals surface area contributed by atoms with Crippen LogP contribution in [0.15, 0.2) is 66.7 Å². The number of amides is 3. The number of hydroxylamine groups is 2. The van der Waals surface area contributed by atoms with Crippen LogP contribution in [0, 0.1) is 29.1 Å². The zero-order chi connectivity index (χ0) is 42.9. The van der Waals surface area contributed by atoms with E-state index in [0.29, 0.717) is 78.5 Å². The van der Waals surface area contributed by atoms with Gasteiger partial charge in [0.25, 0.3) is 5.91 Å². The maximum absolute atomic E-state index is 14.3. The predicted octanol–water partition coefficient (Wildman–Crippen LogP) is 4.29. The summed E-state index contributed by atoms with van der Waals surface area (Å²) in [6.07, 6.45) is 0.715. The SMILES string of the molecule is COc1c(CN2O[C@@H](CO)[C@H]([C@H](C)O)[C@H]2C(=O)N[C@H]2C[C@H]3C[C@@H]([C@@H]2C)C3(C)C)cccc1-c1cc(C(=O)N[C@@H](Cc2ccccc2)C(=O)N2CCOCC2)cc(N(C)C)c1. The lowest BCUT2D eigenvalue weighted by atomic mass is 9.45. The molecule has 2 saturated heterocycles. The molecule has 3 aliphatic carbocycles. The summed E-state index contributed by atoms with van der Waals surface area (Å²) in [5, 5.41) is 29.4. The first-order chi connectivity index (χ1) is 28.7. The highest BCUT2D eigenvalue weighted by atomic mass is 16.7. The van der Waals surface area contributed by atoms with Crippen LogP contribution in [0.2, 0.25) is 0 Å². The van der Waals surface area contributed by atoms with Gasteiger partial charge < -0.3 is 40.1 Å². The van der Waals surface area contributed by atoms with Crippen molar-refractivity contribution in [3.8, 4) is 16.9 Å². The molecule has 13 nitrogen and oxygen atoms in total. The lowest BCUT2D eigenvalue weighted by molar-refractivity contribution is -0.183. The second-order valence-corrected chi connectivity index (χ2v) is 18.0. The van der Waals surface area contributed by atoms with Gasteiger partial charge in [0.2, 0.25) is 11.8 Å². The van der Waals surface area contributed by atoms with E-state index >= 15 is 0 Å². The van der Waals surface area contributed by atoms with Crippen molar-refractivity contribution in [3.05, 3.63) is 83.4 Å². The molecule has 8 rings (SSSR count). The smallest absolute Gasteiger partial charge is 0.252 e. The number of ether oxygens (including phenoxy) is 2. The van der Waals surface area contributed by atoms with Crippen LogP contribution in [0.4, 0.5) is 5.69 Å². The monoisotopic (exact) mass is 825 g/mol. The van der Waals surface area contributed by atoms with E-state index in [1.165, 1.54) is 6.42 Å². The molecule has 3 amide bonds. The Morgan fingerprint density at radius 1 is 1.02 bits per heavy atom. The molecule has 2 bridgehead atoms. The van der Waals surface area contributed by atoms with Crippen LogP contribution in [0.5, 0.6) is 5.75 Å². The van der Waals surface area contributed by atoms with E-state index in [1.807, 2.05) is 73.6 Å². The second-order valence-electron chi connectivity index (χ2n) is 18.0. The molecule has 60 heavy (non-hydrogen) atoms. The van der Waals surface area contributed by atoms with Crippen molar-refractivity contribution in [2.75, 3.05) is 59.0 Å². The van der Waals surface area contributed by atoms with Crippen LogP contribution in [-0.2, 0) is 32.1 Å². The van der Waals surface area contributed by atoms with Gasteiger partial charge in [-0.05, 0) is 72.3 Å². The molecule has 0 aromatic heterocycles. The van der Waals surface area contributed by atoms with E-state index in [1.54, 1.807) is 36.1 Å². The average Bonchev–Trinajstić information content (AvgIpc) is 3.62. The van der Waals surface area contributed by atoms with Crippen LogP contribution in [0.25, 0.3) is 11.1 Å². The highest BCUT2D eigenvalue weighted by Crippen LogP contribution is 2.61. The third kappa shape index (κ3) is 8.78. The van der Waals surface area contributed by atoms with Gasteiger partial charge in [0.15, 0.2) is 0 Å². The van der Waals surface area contributed by atoms with Crippen molar-refractivity contribution in [1.29, 1.82) is 0 Å². The number of hydrogen-bond donors (Lipinski definition) is 4. The van der Waals surface area contributed by atoms with E-state index in [4.69, 9.17) is 14.3 Å². The van der Waals surface area contributed by atoms with Gasteiger partial charge >= 0.3 is 0 Å². The molecule has 13 heteroatoms. The van der Waals surface area contributed by atoms with Crippen molar-refractivity contribution >= 4 is 23.4 Å². The highest BCUT2D eigenvalue weighted by Gasteiger charge is 2.57. The Morgan fingerprint density at radius 3 is 2.38 bits per heavy atom. The Hall–Kier alpha value is -4.53. The van der Waals surface area contributed by atoms with Gasteiger partial charge in [-0.3, -0.25) is 19.2 Å². The number of para-hydroxylation sites is 1. The van der Waals surface area contributed by atoms with E-state index < -0.39 is 30.2 Å². The number of fused-ring (bicyclic) bond motifs is 2. The van der Waals surface area contributed by atoms with Gasteiger partial charge in [-0.15, -0.1) is 0 Å². The first-order valence-corrected chi connectivity index (χ1v) is 21.4. The Labute approximate surface area is 354 Å². The lowest BCUT2D eigenvalue weighted by Crippen LogP contribution is -2.62. The first-order valence-electron chi connectivity index (χ1n) is 21.4. The number of benzene rings is 3. The third-order valence-electron chi connectivity index (χ3n) is 13.9. The number of rotatable bonds is 14. The average molecular weight is 826 g/mol. The molecule has 3 aromatic rings. The van der Waals surface area contributed by atoms with Crippen molar-refractivity contribution in [2.24, 2.45) is 29.1 Å². The molecule has 324 valence electrons. The van der Waals surface area contributed by atoms with Crippen LogP contribution in [0.3, 0.4) is 0 Å². The largest absolute Gasteiger partial charge is 0.496 e. The Kier molecular flexibility index (Phi) is 13.2.